The molecule has 0 aliphatic carbocycles. The van der Waals surface area contributed by atoms with Crippen LogP contribution >= 0.6 is 0 Å². The topological polar surface area (TPSA) is 120 Å². The molecule has 0 aliphatic heterocycles. The minimum atomic E-state index is -3.94. The maximum Gasteiger partial charge on any atom is 0.342 e. The van der Waals surface area contributed by atoms with Gasteiger partial charge in [-0.2, -0.15) is 5.10 Å². The predicted octanol–water partition coefficient (Wildman–Crippen LogP) is -0.474. The molecule has 10 heteroatoms. The molecule has 0 aliphatic rings. The van der Waals surface area contributed by atoms with Crippen molar-refractivity contribution < 1.29 is 27.4 Å². The first-order valence-electron chi connectivity index (χ1n) is 6.18. The van der Waals surface area contributed by atoms with Gasteiger partial charge in [0.25, 0.3) is 10.0 Å². The van der Waals surface area contributed by atoms with Crippen LogP contribution in [0.3, 0.4) is 0 Å². The number of methoxy groups -OCH3 is 2. The van der Waals surface area contributed by atoms with Gasteiger partial charge in [-0.3, -0.25) is 5.10 Å². The third-order valence-corrected chi connectivity index (χ3v) is 3.95. The van der Waals surface area contributed by atoms with Crippen molar-refractivity contribution >= 4 is 16.0 Å². The second-order valence-electron chi connectivity index (χ2n) is 4.00. The van der Waals surface area contributed by atoms with Crippen LogP contribution in [0.25, 0.3) is 0 Å². The zero-order chi connectivity index (χ0) is 15.9. The van der Waals surface area contributed by atoms with Crippen molar-refractivity contribution in [2.24, 2.45) is 0 Å². The largest absolute Gasteiger partial charge is 0.462 e. The van der Waals surface area contributed by atoms with Crippen LogP contribution in [0.5, 0.6) is 0 Å². The maximum absolute atomic E-state index is 12.2. The second-order valence-corrected chi connectivity index (χ2v) is 5.70. The molecule has 120 valence electrons. The average molecular weight is 321 g/mol. The number of carbonyl (C=O) groups is 1. The molecule has 1 atom stereocenters. The highest BCUT2D eigenvalue weighted by atomic mass is 32.2. The Morgan fingerprint density at radius 3 is 2.76 bits per heavy atom. The van der Waals surface area contributed by atoms with Gasteiger partial charge < -0.3 is 14.2 Å². The smallest absolute Gasteiger partial charge is 0.342 e. The molecule has 1 rings (SSSR count). The van der Waals surface area contributed by atoms with E-state index < -0.39 is 22.1 Å². The maximum atomic E-state index is 12.2. The molecule has 0 aromatic carbocycles. The summed E-state index contributed by atoms with van der Waals surface area (Å²) in [5.41, 5.74) is -0.148. The summed E-state index contributed by atoms with van der Waals surface area (Å²) in [6.45, 7) is 1.98. The van der Waals surface area contributed by atoms with Crippen LogP contribution in [0.15, 0.2) is 11.2 Å². The van der Waals surface area contributed by atoms with Gasteiger partial charge in [0, 0.05) is 20.8 Å². The van der Waals surface area contributed by atoms with E-state index >= 15 is 0 Å². The predicted molar refractivity (Wildman–Crippen MR) is 72.4 cm³/mol. The molecule has 1 aromatic rings. The van der Waals surface area contributed by atoms with E-state index in [1.54, 1.807) is 6.92 Å². The molecule has 1 unspecified atom stereocenters. The summed E-state index contributed by atoms with van der Waals surface area (Å²) < 4.78 is 41.4. The lowest BCUT2D eigenvalue weighted by atomic mass is 10.4. The number of aromatic amines is 1. The van der Waals surface area contributed by atoms with Crippen LogP contribution in [0.2, 0.25) is 0 Å². The zero-order valence-electron chi connectivity index (χ0n) is 12.1. The number of aromatic nitrogens is 2. The fourth-order valence-corrected chi connectivity index (χ4v) is 2.65. The molecule has 9 nitrogen and oxygen atoms in total. The van der Waals surface area contributed by atoms with E-state index in [9.17, 15) is 13.2 Å². The Kier molecular flexibility index (Phi) is 6.75. The lowest BCUT2D eigenvalue weighted by molar-refractivity contribution is 0.0320. The summed E-state index contributed by atoms with van der Waals surface area (Å²) in [7, 11) is -1.02. The van der Waals surface area contributed by atoms with Crippen LogP contribution in [0.1, 0.15) is 17.3 Å². The Labute approximate surface area is 123 Å². The third kappa shape index (κ3) is 4.77. The monoisotopic (exact) mass is 321 g/mol. The zero-order valence-corrected chi connectivity index (χ0v) is 12.9. The number of sulfonamides is 1. The summed E-state index contributed by atoms with van der Waals surface area (Å²) in [5, 5.41) is 5.52. The molecule has 0 saturated carbocycles. The van der Waals surface area contributed by atoms with E-state index in [1.807, 2.05) is 0 Å². The number of H-pyrrole nitrogens is 1. The van der Waals surface area contributed by atoms with E-state index in [-0.39, 0.29) is 30.3 Å². The molecule has 21 heavy (non-hydrogen) atoms. The van der Waals surface area contributed by atoms with Gasteiger partial charge in [0.15, 0.2) is 5.03 Å². The molecule has 0 bridgehead atoms. The molecule has 1 heterocycles. The fraction of sp³-hybridized carbons (Fsp3) is 0.636. The van der Waals surface area contributed by atoms with Crippen molar-refractivity contribution in [3.8, 4) is 0 Å². The number of rotatable bonds is 9. The van der Waals surface area contributed by atoms with Crippen molar-refractivity contribution in [2.75, 3.05) is 34.0 Å². The van der Waals surface area contributed by atoms with Gasteiger partial charge in [-0.05, 0) is 6.92 Å². The highest BCUT2D eigenvalue weighted by Gasteiger charge is 2.26. The Morgan fingerprint density at radius 2 is 2.19 bits per heavy atom. The number of hydrogen-bond acceptors (Lipinski definition) is 7. The first kappa shape index (κ1) is 17.6. The van der Waals surface area contributed by atoms with Gasteiger partial charge in [0.05, 0.1) is 25.5 Å². The number of esters is 1. The molecular weight excluding hydrogens is 302 g/mol. The van der Waals surface area contributed by atoms with Gasteiger partial charge in [-0.1, -0.05) is 0 Å². The second kappa shape index (κ2) is 8.08. The van der Waals surface area contributed by atoms with Crippen molar-refractivity contribution in [3.05, 3.63) is 11.8 Å². The Balaban J connectivity index is 2.84. The molecule has 1 aromatic heterocycles. The van der Waals surface area contributed by atoms with Crippen LogP contribution < -0.4 is 4.72 Å². The summed E-state index contributed by atoms with van der Waals surface area (Å²) in [6.07, 6.45) is 0.661. The Morgan fingerprint density at radius 1 is 1.48 bits per heavy atom. The summed E-state index contributed by atoms with van der Waals surface area (Å²) in [4.78, 5) is 11.7. The van der Waals surface area contributed by atoms with Crippen LogP contribution in [0, 0.1) is 0 Å². The number of nitrogens with one attached hydrogen (secondary N) is 2. The van der Waals surface area contributed by atoms with E-state index in [0.29, 0.717) is 0 Å². The molecule has 0 saturated heterocycles. The number of ether oxygens (including phenoxy) is 3. The summed E-state index contributed by atoms with van der Waals surface area (Å²) >= 11 is 0. The lowest BCUT2D eigenvalue weighted by Crippen LogP contribution is -2.36. The third-order valence-electron chi connectivity index (χ3n) is 2.56. The highest BCUT2D eigenvalue weighted by Crippen LogP contribution is 2.13. The quantitative estimate of drug-likeness (QED) is 0.590. The van der Waals surface area contributed by atoms with E-state index in [2.05, 4.69) is 14.9 Å². The van der Waals surface area contributed by atoms with Crippen molar-refractivity contribution in [2.45, 2.75) is 18.1 Å². The van der Waals surface area contributed by atoms with Gasteiger partial charge in [-0.15, -0.1) is 0 Å². The van der Waals surface area contributed by atoms with E-state index in [4.69, 9.17) is 14.2 Å². The van der Waals surface area contributed by atoms with Crippen LogP contribution in [0.4, 0.5) is 0 Å². The van der Waals surface area contributed by atoms with Crippen LogP contribution in [-0.4, -0.2) is 64.7 Å². The summed E-state index contributed by atoms with van der Waals surface area (Å²) in [6, 6.07) is 0. The Bertz CT molecular complexity index is 556. The SMILES string of the molecule is CCOC(=O)c1cn[nH]c1S(=O)(=O)NCC(COC)OC. The number of nitrogens with zero attached hydrogens (tertiary/aromatic N) is 1. The molecule has 0 fully saturated rings. The standard InChI is InChI=1S/C11H19N3O6S/c1-4-20-11(15)9-6-12-14-10(9)21(16,17)13-5-8(19-3)7-18-2/h6,8,13H,4-5,7H2,1-3H3,(H,12,14). The van der Waals surface area contributed by atoms with Gasteiger partial charge in [0.1, 0.15) is 5.56 Å². The van der Waals surface area contributed by atoms with Crippen molar-refractivity contribution in [3.63, 3.8) is 0 Å². The van der Waals surface area contributed by atoms with E-state index in [1.165, 1.54) is 14.2 Å². The molecule has 0 radical (unpaired) electrons. The Hall–Kier alpha value is -1.49. The highest BCUT2D eigenvalue weighted by molar-refractivity contribution is 7.89. The first-order chi connectivity index (χ1) is 9.96. The van der Waals surface area contributed by atoms with E-state index in [0.717, 1.165) is 6.20 Å². The fourth-order valence-electron chi connectivity index (χ4n) is 1.50. The lowest BCUT2D eigenvalue weighted by Gasteiger charge is -2.15. The number of hydrogen-bond donors (Lipinski definition) is 2. The summed E-state index contributed by atoms with van der Waals surface area (Å²) in [5.74, 6) is -0.758. The van der Waals surface area contributed by atoms with Gasteiger partial charge in [-0.25, -0.2) is 17.9 Å². The first-order valence-corrected chi connectivity index (χ1v) is 7.66. The van der Waals surface area contributed by atoms with Crippen molar-refractivity contribution in [1.82, 2.24) is 14.9 Å². The molecule has 2 N–H and O–H groups in total. The molecular formula is C11H19N3O6S. The van der Waals surface area contributed by atoms with Gasteiger partial charge in [0.2, 0.25) is 0 Å². The van der Waals surface area contributed by atoms with Crippen molar-refractivity contribution in [1.29, 1.82) is 0 Å². The molecule has 0 spiro atoms. The number of carbonyl (C=O) groups excluding carboxylic acids is 1. The molecule has 0 amide bonds. The normalized spacial score (nSPS) is 13.1. The average Bonchev–Trinajstić information content (AvgIpc) is 2.94. The van der Waals surface area contributed by atoms with Crippen LogP contribution in [-0.2, 0) is 24.2 Å². The minimum Gasteiger partial charge on any atom is -0.462 e. The minimum absolute atomic E-state index is 0.00599. The van der Waals surface area contributed by atoms with Gasteiger partial charge >= 0.3 is 5.97 Å².